The molecular formula is C14H27ClN2O3. The lowest BCUT2D eigenvalue weighted by Crippen LogP contribution is -2.31. The van der Waals surface area contributed by atoms with Gasteiger partial charge in [0.25, 0.3) is 0 Å². The number of nitrogens with two attached hydrogens (primary N) is 1. The van der Waals surface area contributed by atoms with Crippen molar-refractivity contribution in [2.45, 2.75) is 58.4 Å². The van der Waals surface area contributed by atoms with Crippen LogP contribution < -0.4 is 11.1 Å². The first kappa shape index (κ1) is 19.2. The summed E-state index contributed by atoms with van der Waals surface area (Å²) >= 11 is 0. The second-order valence-corrected chi connectivity index (χ2v) is 6.00. The average molecular weight is 307 g/mol. The smallest absolute Gasteiger partial charge is 0.309 e. The summed E-state index contributed by atoms with van der Waals surface area (Å²) in [6.07, 6.45) is 4.56. The van der Waals surface area contributed by atoms with Crippen LogP contribution in [-0.4, -0.2) is 29.6 Å². The van der Waals surface area contributed by atoms with Crippen LogP contribution in [-0.2, 0) is 9.59 Å². The summed E-state index contributed by atoms with van der Waals surface area (Å²) in [6, 6.07) is 0.0331. The van der Waals surface area contributed by atoms with Gasteiger partial charge in [-0.05, 0) is 44.4 Å². The van der Waals surface area contributed by atoms with Gasteiger partial charge in [-0.25, -0.2) is 0 Å². The van der Waals surface area contributed by atoms with Crippen LogP contribution in [0, 0.1) is 11.3 Å². The number of rotatable bonds is 7. The Labute approximate surface area is 127 Å². The van der Waals surface area contributed by atoms with Crippen LogP contribution in [0.3, 0.4) is 0 Å². The molecule has 1 aliphatic carbocycles. The SMILES string of the molecule is CC(=O)NCCC(C)CCC1(C(=O)O)CCC(N)C1.Cl. The van der Waals surface area contributed by atoms with Crippen molar-refractivity contribution in [3.63, 3.8) is 0 Å². The van der Waals surface area contributed by atoms with Crippen molar-refractivity contribution in [3.05, 3.63) is 0 Å². The van der Waals surface area contributed by atoms with Crippen molar-refractivity contribution >= 4 is 24.3 Å². The molecule has 0 saturated heterocycles. The summed E-state index contributed by atoms with van der Waals surface area (Å²) < 4.78 is 0. The highest BCUT2D eigenvalue weighted by Gasteiger charge is 2.43. The van der Waals surface area contributed by atoms with Crippen LogP contribution >= 0.6 is 12.4 Å². The van der Waals surface area contributed by atoms with E-state index in [1.807, 2.05) is 0 Å². The molecule has 1 rings (SSSR count). The van der Waals surface area contributed by atoms with Gasteiger partial charge in [0, 0.05) is 19.5 Å². The molecule has 0 bridgehead atoms. The number of carbonyl (C=O) groups excluding carboxylic acids is 1. The molecule has 0 aliphatic heterocycles. The van der Waals surface area contributed by atoms with Crippen molar-refractivity contribution < 1.29 is 14.7 Å². The first-order chi connectivity index (χ1) is 8.85. The van der Waals surface area contributed by atoms with E-state index in [9.17, 15) is 14.7 Å². The molecule has 118 valence electrons. The molecule has 4 N–H and O–H groups in total. The van der Waals surface area contributed by atoms with E-state index in [2.05, 4.69) is 12.2 Å². The Balaban J connectivity index is 0.00000361. The molecule has 0 aromatic rings. The molecule has 1 fully saturated rings. The third kappa shape index (κ3) is 5.67. The number of carboxylic acid groups (broad SMARTS) is 1. The van der Waals surface area contributed by atoms with Crippen molar-refractivity contribution in [2.75, 3.05) is 6.54 Å². The first-order valence-corrected chi connectivity index (χ1v) is 7.09. The second kappa shape index (κ2) is 8.47. The van der Waals surface area contributed by atoms with Gasteiger partial charge in [0.1, 0.15) is 0 Å². The Kier molecular flexibility index (Phi) is 8.13. The number of amides is 1. The molecular weight excluding hydrogens is 280 g/mol. The minimum absolute atomic E-state index is 0. The van der Waals surface area contributed by atoms with Gasteiger partial charge in [-0.3, -0.25) is 9.59 Å². The van der Waals surface area contributed by atoms with E-state index in [-0.39, 0.29) is 24.4 Å². The maximum absolute atomic E-state index is 11.5. The molecule has 1 amide bonds. The monoisotopic (exact) mass is 306 g/mol. The van der Waals surface area contributed by atoms with Gasteiger partial charge in [-0.15, -0.1) is 12.4 Å². The normalized spacial score (nSPS) is 26.6. The minimum Gasteiger partial charge on any atom is -0.481 e. The number of aliphatic carboxylic acids is 1. The van der Waals surface area contributed by atoms with Crippen LogP contribution in [0.4, 0.5) is 0 Å². The van der Waals surface area contributed by atoms with Crippen LogP contribution in [0.1, 0.15) is 52.4 Å². The average Bonchev–Trinajstić information content (AvgIpc) is 2.69. The van der Waals surface area contributed by atoms with Crippen molar-refractivity contribution in [2.24, 2.45) is 17.1 Å². The van der Waals surface area contributed by atoms with Gasteiger partial charge in [-0.2, -0.15) is 0 Å². The molecule has 0 radical (unpaired) electrons. The lowest BCUT2D eigenvalue weighted by Gasteiger charge is -2.25. The Morgan fingerprint density at radius 2 is 2.10 bits per heavy atom. The van der Waals surface area contributed by atoms with Crippen LogP contribution in [0.5, 0.6) is 0 Å². The number of hydrogen-bond acceptors (Lipinski definition) is 3. The zero-order chi connectivity index (χ0) is 14.5. The molecule has 0 aromatic carbocycles. The molecule has 5 nitrogen and oxygen atoms in total. The van der Waals surface area contributed by atoms with Crippen LogP contribution in [0.25, 0.3) is 0 Å². The Morgan fingerprint density at radius 1 is 1.45 bits per heavy atom. The lowest BCUT2D eigenvalue weighted by molar-refractivity contribution is -0.149. The van der Waals surface area contributed by atoms with Gasteiger partial charge in [-0.1, -0.05) is 6.92 Å². The number of carbonyl (C=O) groups is 2. The highest BCUT2D eigenvalue weighted by Crippen LogP contribution is 2.42. The molecule has 1 saturated carbocycles. The summed E-state index contributed by atoms with van der Waals surface area (Å²) in [6.45, 7) is 4.27. The molecule has 0 aromatic heterocycles. The Hall–Kier alpha value is -0.810. The fraction of sp³-hybridized carbons (Fsp3) is 0.857. The van der Waals surface area contributed by atoms with Gasteiger partial charge >= 0.3 is 5.97 Å². The molecule has 3 unspecified atom stereocenters. The lowest BCUT2D eigenvalue weighted by atomic mass is 9.79. The zero-order valence-electron chi connectivity index (χ0n) is 12.4. The van der Waals surface area contributed by atoms with Crippen molar-refractivity contribution in [1.29, 1.82) is 0 Å². The van der Waals surface area contributed by atoms with Gasteiger partial charge in [0.2, 0.25) is 5.91 Å². The van der Waals surface area contributed by atoms with Gasteiger partial charge in [0.15, 0.2) is 0 Å². The molecule has 0 spiro atoms. The minimum atomic E-state index is -0.700. The zero-order valence-corrected chi connectivity index (χ0v) is 13.2. The quantitative estimate of drug-likeness (QED) is 0.670. The van der Waals surface area contributed by atoms with E-state index >= 15 is 0 Å². The summed E-state index contributed by atoms with van der Waals surface area (Å²) in [5, 5.41) is 12.2. The third-order valence-corrected chi connectivity index (χ3v) is 4.23. The molecule has 20 heavy (non-hydrogen) atoms. The Morgan fingerprint density at radius 3 is 2.55 bits per heavy atom. The van der Waals surface area contributed by atoms with Crippen molar-refractivity contribution in [1.82, 2.24) is 5.32 Å². The molecule has 1 aliphatic rings. The third-order valence-electron chi connectivity index (χ3n) is 4.23. The topological polar surface area (TPSA) is 92.4 Å². The van der Waals surface area contributed by atoms with E-state index in [0.29, 0.717) is 31.7 Å². The predicted octanol–water partition coefficient (Wildman–Crippen LogP) is 1.93. The number of carboxylic acids is 1. The summed E-state index contributed by atoms with van der Waals surface area (Å²) in [5.74, 6) is -0.301. The predicted molar refractivity (Wildman–Crippen MR) is 80.8 cm³/mol. The van der Waals surface area contributed by atoms with E-state index in [1.54, 1.807) is 0 Å². The van der Waals surface area contributed by atoms with E-state index in [4.69, 9.17) is 5.73 Å². The molecule has 3 atom stereocenters. The number of nitrogens with one attached hydrogen (secondary N) is 1. The largest absolute Gasteiger partial charge is 0.481 e. The molecule has 0 heterocycles. The number of hydrogen-bond donors (Lipinski definition) is 3. The number of halogens is 1. The molecule has 6 heteroatoms. The van der Waals surface area contributed by atoms with E-state index in [1.165, 1.54) is 6.92 Å². The summed E-state index contributed by atoms with van der Waals surface area (Å²) in [4.78, 5) is 22.2. The van der Waals surface area contributed by atoms with Crippen LogP contribution in [0.2, 0.25) is 0 Å². The second-order valence-electron chi connectivity index (χ2n) is 6.00. The van der Waals surface area contributed by atoms with Crippen LogP contribution in [0.15, 0.2) is 0 Å². The van der Waals surface area contributed by atoms with E-state index < -0.39 is 11.4 Å². The van der Waals surface area contributed by atoms with Crippen molar-refractivity contribution in [3.8, 4) is 0 Å². The fourth-order valence-electron chi connectivity index (χ4n) is 2.86. The first-order valence-electron chi connectivity index (χ1n) is 7.09. The van der Waals surface area contributed by atoms with Gasteiger partial charge in [0.05, 0.1) is 5.41 Å². The summed E-state index contributed by atoms with van der Waals surface area (Å²) in [7, 11) is 0. The highest BCUT2D eigenvalue weighted by atomic mass is 35.5. The van der Waals surface area contributed by atoms with E-state index in [0.717, 1.165) is 19.3 Å². The standard InChI is InChI=1S/C14H26N2O3.ClH/c1-10(5-8-16-11(2)17)3-6-14(13(18)19)7-4-12(15)9-14;/h10,12H,3-9,15H2,1-2H3,(H,16,17)(H,18,19);1H. The Bertz CT molecular complexity index is 338. The maximum atomic E-state index is 11.5. The van der Waals surface area contributed by atoms with Gasteiger partial charge < -0.3 is 16.2 Å². The maximum Gasteiger partial charge on any atom is 0.309 e. The highest BCUT2D eigenvalue weighted by molar-refractivity contribution is 5.85. The fourth-order valence-corrected chi connectivity index (χ4v) is 2.86. The summed E-state index contributed by atoms with van der Waals surface area (Å²) in [5.41, 5.74) is 5.25.